The van der Waals surface area contributed by atoms with Gasteiger partial charge in [-0.25, -0.2) is 0 Å². The van der Waals surface area contributed by atoms with E-state index in [9.17, 15) is 4.79 Å². The first kappa shape index (κ1) is 23.5. The Bertz CT molecular complexity index is 487. The number of hydrogen-bond donors (Lipinski definition) is 1. The lowest BCUT2D eigenvalue weighted by atomic mass is 10.0. The molecule has 0 saturated heterocycles. The van der Waals surface area contributed by atoms with Gasteiger partial charge in [0.15, 0.2) is 5.75 Å². The van der Waals surface area contributed by atoms with Crippen molar-refractivity contribution in [2.45, 2.75) is 110 Å². The zero-order valence-electron chi connectivity index (χ0n) is 17.5. The van der Waals surface area contributed by atoms with E-state index in [1.54, 1.807) is 12.1 Å². The molecule has 0 aromatic heterocycles. The molecule has 1 aromatic rings. The highest BCUT2D eigenvalue weighted by Crippen LogP contribution is 2.20. The normalized spacial score (nSPS) is 10.9. The Morgan fingerprint density at radius 1 is 0.741 bits per heavy atom. The van der Waals surface area contributed by atoms with E-state index in [0.29, 0.717) is 17.9 Å². The van der Waals surface area contributed by atoms with Gasteiger partial charge in [-0.15, -0.1) is 0 Å². The second-order valence-electron chi connectivity index (χ2n) is 7.71. The van der Waals surface area contributed by atoms with Gasteiger partial charge in [-0.05, 0) is 18.6 Å². The zero-order valence-corrected chi connectivity index (χ0v) is 17.5. The number of hydrogen-bond acceptors (Lipinski definition) is 3. The van der Waals surface area contributed by atoms with Gasteiger partial charge in [0, 0.05) is 6.42 Å². The predicted molar refractivity (Wildman–Crippen MR) is 116 cm³/mol. The minimum absolute atomic E-state index is 0.178. The molecule has 0 aliphatic heterocycles. The molecule has 0 bridgehead atoms. The summed E-state index contributed by atoms with van der Waals surface area (Å²) < 4.78 is 5.30. The average molecular weight is 376 g/mol. The first-order chi connectivity index (χ1) is 13.2. The van der Waals surface area contributed by atoms with E-state index in [1.165, 1.54) is 83.5 Å². The fourth-order valence-corrected chi connectivity index (χ4v) is 3.39. The van der Waals surface area contributed by atoms with E-state index in [1.807, 2.05) is 12.1 Å². The highest BCUT2D eigenvalue weighted by molar-refractivity contribution is 5.74. The number of nitrogens with two attached hydrogens (primary N) is 1. The number of carbonyl (C=O) groups is 1. The van der Waals surface area contributed by atoms with Crippen LogP contribution in [0.2, 0.25) is 0 Å². The van der Waals surface area contributed by atoms with Gasteiger partial charge in [-0.2, -0.15) is 0 Å². The first-order valence-corrected chi connectivity index (χ1v) is 11.3. The van der Waals surface area contributed by atoms with E-state index < -0.39 is 0 Å². The van der Waals surface area contributed by atoms with Crippen molar-refractivity contribution in [3.8, 4) is 5.75 Å². The molecule has 0 fully saturated rings. The number of carbonyl (C=O) groups excluding carboxylic acids is 1. The molecule has 0 radical (unpaired) electrons. The maximum atomic E-state index is 11.8. The third-order valence-corrected chi connectivity index (χ3v) is 5.13. The van der Waals surface area contributed by atoms with Crippen molar-refractivity contribution in [1.29, 1.82) is 0 Å². The molecule has 0 aliphatic carbocycles. The van der Waals surface area contributed by atoms with Crippen molar-refractivity contribution in [2.24, 2.45) is 0 Å². The zero-order chi connectivity index (χ0) is 19.6. The number of benzene rings is 1. The molecule has 0 saturated carbocycles. The maximum Gasteiger partial charge on any atom is 0.311 e. The van der Waals surface area contributed by atoms with Gasteiger partial charge >= 0.3 is 5.97 Å². The number of nitrogen functional groups attached to an aromatic ring is 1. The van der Waals surface area contributed by atoms with Crippen molar-refractivity contribution in [3.05, 3.63) is 24.3 Å². The Morgan fingerprint density at radius 3 is 1.67 bits per heavy atom. The molecule has 1 rings (SSSR count). The molecule has 0 atom stereocenters. The highest BCUT2D eigenvalue weighted by atomic mass is 16.5. The number of ether oxygens (including phenoxy) is 1. The predicted octanol–water partition coefficient (Wildman–Crippen LogP) is 7.44. The van der Waals surface area contributed by atoms with Gasteiger partial charge in [-0.1, -0.05) is 109 Å². The molecule has 154 valence electrons. The third-order valence-electron chi connectivity index (χ3n) is 5.13. The number of unbranched alkanes of at least 4 members (excludes halogenated alkanes) is 14. The molecular weight excluding hydrogens is 334 g/mol. The van der Waals surface area contributed by atoms with Crippen LogP contribution in [0.1, 0.15) is 110 Å². The summed E-state index contributed by atoms with van der Waals surface area (Å²) in [6.07, 6.45) is 20.4. The molecule has 0 heterocycles. The summed E-state index contributed by atoms with van der Waals surface area (Å²) in [7, 11) is 0. The molecule has 3 nitrogen and oxygen atoms in total. The lowest BCUT2D eigenvalue weighted by Crippen LogP contribution is -2.08. The van der Waals surface area contributed by atoms with E-state index >= 15 is 0 Å². The molecule has 0 spiro atoms. The monoisotopic (exact) mass is 375 g/mol. The Balaban J connectivity index is 1.82. The number of para-hydroxylation sites is 2. The van der Waals surface area contributed by atoms with Gasteiger partial charge < -0.3 is 10.5 Å². The van der Waals surface area contributed by atoms with Crippen LogP contribution in [0.25, 0.3) is 0 Å². The van der Waals surface area contributed by atoms with Crippen LogP contribution in [0.4, 0.5) is 5.69 Å². The molecule has 0 amide bonds. The quantitative estimate of drug-likeness (QED) is 0.133. The Hall–Kier alpha value is -1.51. The third kappa shape index (κ3) is 13.3. The number of esters is 1. The molecule has 2 N–H and O–H groups in total. The van der Waals surface area contributed by atoms with Gasteiger partial charge in [0.25, 0.3) is 0 Å². The van der Waals surface area contributed by atoms with Gasteiger partial charge in [0.1, 0.15) is 0 Å². The van der Waals surface area contributed by atoms with Crippen molar-refractivity contribution < 1.29 is 9.53 Å². The molecule has 1 aromatic carbocycles. The fraction of sp³-hybridized carbons (Fsp3) is 0.708. The van der Waals surface area contributed by atoms with E-state index in [2.05, 4.69) is 6.92 Å². The van der Waals surface area contributed by atoms with Gasteiger partial charge in [0.05, 0.1) is 5.69 Å². The van der Waals surface area contributed by atoms with Crippen LogP contribution >= 0.6 is 0 Å². The number of rotatable bonds is 17. The van der Waals surface area contributed by atoms with Crippen molar-refractivity contribution in [1.82, 2.24) is 0 Å². The Labute approximate surface area is 167 Å². The summed E-state index contributed by atoms with van der Waals surface area (Å²) in [5.74, 6) is 0.297. The second-order valence-corrected chi connectivity index (χ2v) is 7.71. The van der Waals surface area contributed by atoms with E-state index in [4.69, 9.17) is 10.5 Å². The second kappa shape index (κ2) is 16.6. The summed E-state index contributed by atoms with van der Waals surface area (Å²) in [4.78, 5) is 11.8. The Kier molecular flexibility index (Phi) is 14.5. The standard InChI is InChI=1S/C24H41NO2/c1-2-3-4-5-6-7-8-9-10-11-12-13-14-15-16-21-24(26)27-23-20-18-17-19-22(23)25/h17-20H,2-16,21,25H2,1H3. The fourth-order valence-electron chi connectivity index (χ4n) is 3.39. The van der Waals surface area contributed by atoms with Crippen LogP contribution in [-0.2, 0) is 4.79 Å². The molecule has 3 heteroatoms. The average Bonchev–Trinajstić information content (AvgIpc) is 2.66. The van der Waals surface area contributed by atoms with Gasteiger partial charge in [-0.3, -0.25) is 4.79 Å². The summed E-state index contributed by atoms with van der Waals surface area (Å²) >= 11 is 0. The van der Waals surface area contributed by atoms with Crippen LogP contribution in [0, 0.1) is 0 Å². The summed E-state index contributed by atoms with van der Waals surface area (Å²) in [6.45, 7) is 2.27. The number of anilines is 1. The summed E-state index contributed by atoms with van der Waals surface area (Å²) in [5.41, 5.74) is 6.29. The lowest BCUT2D eigenvalue weighted by molar-refractivity contribution is -0.134. The van der Waals surface area contributed by atoms with Crippen LogP contribution in [0.15, 0.2) is 24.3 Å². The molecule has 0 aliphatic rings. The van der Waals surface area contributed by atoms with E-state index in [0.717, 1.165) is 12.8 Å². The Morgan fingerprint density at radius 2 is 1.19 bits per heavy atom. The highest BCUT2D eigenvalue weighted by Gasteiger charge is 2.06. The maximum absolute atomic E-state index is 11.8. The topological polar surface area (TPSA) is 52.3 Å². The largest absolute Gasteiger partial charge is 0.424 e. The van der Waals surface area contributed by atoms with Crippen molar-refractivity contribution in [2.75, 3.05) is 5.73 Å². The summed E-state index contributed by atoms with van der Waals surface area (Å²) in [6, 6.07) is 7.14. The minimum Gasteiger partial charge on any atom is -0.424 e. The molecular formula is C24H41NO2. The van der Waals surface area contributed by atoms with Crippen LogP contribution in [0.3, 0.4) is 0 Å². The van der Waals surface area contributed by atoms with Crippen molar-refractivity contribution >= 4 is 11.7 Å². The first-order valence-electron chi connectivity index (χ1n) is 11.3. The van der Waals surface area contributed by atoms with Gasteiger partial charge in [0.2, 0.25) is 0 Å². The van der Waals surface area contributed by atoms with Crippen LogP contribution in [-0.4, -0.2) is 5.97 Å². The molecule has 27 heavy (non-hydrogen) atoms. The SMILES string of the molecule is CCCCCCCCCCCCCCCCCC(=O)Oc1ccccc1N. The smallest absolute Gasteiger partial charge is 0.311 e. The van der Waals surface area contributed by atoms with Crippen LogP contribution < -0.4 is 10.5 Å². The summed E-state index contributed by atoms with van der Waals surface area (Å²) in [5, 5.41) is 0. The minimum atomic E-state index is -0.178. The molecule has 0 unspecified atom stereocenters. The van der Waals surface area contributed by atoms with E-state index in [-0.39, 0.29) is 5.97 Å². The van der Waals surface area contributed by atoms with Crippen molar-refractivity contribution in [3.63, 3.8) is 0 Å². The van der Waals surface area contributed by atoms with Crippen LogP contribution in [0.5, 0.6) is 5.75 Å². The lowest BCUT2D eigenvalue weighted by Gasteiger charge is -2.06.